The van der Waals surface area contributed by atoms with E-state index in [0.29, 0.717) is 17.4 Å². The highest BCUT2D eigenvalue weighted by molar-refractivity contribution is 6.99. The average molecular weight is 225 g/mol. The third kappa shape index (κ3) is 2.55. The minimum absolute atomic E-state index is 0.384. The van der Waals surface area contributed by atoms with Crippen molar-refractivity contribution in [3.63, 3.8) is 0 Å². The number of hydrogen-bond donors (Lipinski definition) is 1. The third-order valence-electron chi connectivity index (χ3n) is 3.71. The van der Waals surface area contributed by atoms with Crippen molar-refractivity contribution in [3.8, 4) is 0 Å². The van der Waals surface area contributed by atoms with Crippen LogP contribution in [-0.4, -0.2) is 14.8 Å². The van der Waals surface area contributed by atoms with Crippen molar-refractivity contribution in [1.82, 2.24) is 8.75 Å². The molecule has 2 atom stereocenters. The lowest BCUT2D eigenvalue weighted by Crippen LogP contribution is -2.39. The van der Waals surface area contributed by atoms with Crippen molar-refractivity contribution in [1.29, 1.82) is 0 Å². The SMILES string of the molecule is CC1(C)CCC(N)CC1Cc1cnsn1. The fourth-order valence-electron chi connectivity index (χ4n) is 2.45. The van der Waals surface area contributed by atoms with E-state index < -0.39 is 0 Å². The molecule has 0 saturated heterocycles. The maximum Gasteiger partial charge on any atom is 0.0746 e. The van der Waals surface area contributed by atoms with Gasteiger partial charge in [-0.3, -0.25) is 0 Å². The highest BCUT2D eigenvalue weighted by Gasteiger charge is 2.35. The zero-order valence-corrected chi connectivity index (χ0v) is 10.3. The molecule has 0 radical (unpaired) electrons. The first kappa shape index (κ1) is 11.0. The van der Waals surface area contributed by atoms with Crippen molar-refractivity contribution < 1.29 is 0 Å². The third-order valence-corrected chi connectivity index (χ3v) is 4.23. The van der Waals surface area contributed by atoms with Gasteiger partial charge in [0.2, 0.25) is 0 Å². The monoisotopic (exact) mass is 225 g/mol. The van der Waals surface area contributed by atoms with Gasteiger partial charge in [-0.2, -0.15) is 8.75 Å². The summed E-state index contributed by atoms with van der Waals surface area (Å²) in [4.78, 5) is 0. The van der Waals surface area contributed by atoms with Gasteiger partial charge in [0.1, 0.15) is 0 Å². The Morgan fingerprint density at radius 3 is 3.07 bits per heavy atom. The summed E-state index contributed by atoms with van der Waals surface area (Å²) in [5.41, 5.74) is 7.58. The van der Waals surface area contributed by atoms with Crippen LogP contribution in [0.15, 0.2) is 6.20 Å². The minimum atomic E-state index is 0.384. The molecule has 0 aliphatic heterocycles. The van der Waals surface area contributed by atoms with E-state index in [2.05, 4.69) is 22.6 Å². The molecule has 1 fully saturated rings. The van der Waals surface area contributed by atoms with E-state index in [-0.39, 0.29) is 0 Å². The lowest BCUT2D eigenvalue weighted by Gasteiger charge is -2.41. The predicted molar refractivity (Wildman–Crippen MR) is 62.7 cm³/mol. The molecule has 0 amide bonds. The summed E-state index contributed by atoms with van der Waals surface area (Å²) in [6.07, 6.45) is 6.46. The summed E-state index contributed by atoms with van der Waals surface area (Å²) in [7, 11) is 0. The smallest absolute Gasteiger partial charge is 0.0746 e. The summed E-state index contributed by atoms with van der Waals surface area (Å²) < 4.78 is 8.34. The van der Waals surface area contributed by atoms with Crippen LogP contribution in [0.1, 0.15) is 38.8 Å². The lowest BCUT2D eigenvalue weighted by atomic mass is 9.66. The minimum Gasteiger partial charge on any atom is -0.328 e. The first-order valence-electron chi connectivity index (χ1n) is 5.60. The number of aromatic nitrogens is 2. The Hall–Kier alpha value is -0.480. The number of rotatable bonds is 2. The van der Waals surface area contributed by atoms with E-state index in [4.69, 9.17) is 5.73 Å². The molecule has 1 saturated carbocycles. The van der Waals surface area contributed by atoms with Gasteiger partial charge in [-0.15, -0.1) is 0 Å². The molecule has 3 nitrogen and oxygen atoms in total. The summed E-state index contributed by atoms with van der Waals surface area (Å²) in [6.45, 7) is 4.70. The molecule has 15 heavy (non-hydrogen) atoms. The van der Waals surface area contributed by atoms with Gasteiger partial charge < -0.3 is 5.73 Å². The van der Waals surface area contributed by atoms with Crippen LogP contribution in [0, 0.1) is 11.3 Å². The fourth-order valence-corrected chi connectivity index (χ4v) is 2.89. The molecule has 1 heterocycles. The zero-order chi connectivity index (χ0) is 10.9. The van der Waals surface area contributed by atoms with Crippen LogP contribution in [0.3, 0.4) is 0 Å². The van der Waals surface area contributed by atoms with Gasteiger partial charge in [-0.05, 0) is 37.0 Å². The first-order chi connectivity index (χ1) is 7.08. The van der Waals surface area contributed by atoms with Crippen LogP contribution < -0.4 is 5.73 Å². The van der Waals surface area contributed by atoms with Crippen LogP contribution in [-0.2, 0) is 6.42 Å². The van der Waals surface area contributed by atoms with E-state index in [1.165, 1.54) is 24.6 Å². The molecule has 0 aromatic carbocycles. The van der Waals surface area contributed by atoms with Crippen LogP contribution in [0.2, 0.25) is 0 Å². The Morgan fingerprint density at radius 2 is 2.40 bits per heavy atom. The Labute approximate surface area is 95.4 Å². The number of nitrogens with zero attached hydrogens (tertiary/aromatic N) is 2. The average Bonchev–Trinajstić information content (AvgIpc) is 2.65. The van der Waals surface area contributed by atoms with Gasteiger partial charge >= 0.3 is 0 Å². The van der Waals surface area contributed by atoms with Gasteiger partial charge in [-0.1, -0.05) is 13.8 Å². The highest BCUT2D eigenvalue weighted by Crippen LogP contribution is 2.41. The van der Waals surface area contributed by atoms with Gasteiger partial charge in [0, 0.05) is 6.04 Å². The first-order valence-corrected chi connectivity index (χ1v) is 6.33. The van der Waals surface area contributed by atoms with Crippen molar-refractivity contribution >= 4 is 11.7 Å². The summed E-state index contributed by atoms with van der Waals surface area (Å²) in [6, 6.07) is 0.384. The fraction of sp³-hybridized carbons (Fsp3) is 0.818. The Balaban J connectivity index is 2.05. The predicted octanol–water partition coefficient (Wildman–Crippen LogP) is 2.23. The van der Waals surface area contributed by atoms with Crippen LogP contribution >= 0.6 is 11.7 Å². The lowest BCUT2D eigenvalue weighted by molar-refractivity contribution is 0.123. The highest BCUT2D eigenvalue weighted by atomic mass is 32.1. The maximum atomic E-state index is 6.04. The van der Waals surface area contributed by atoms with Crippen LogP contribution in [0.5, 0.6) is 0 Å². The molecule has 1 aliphatic rings. The molecule has 2 N–H and O–H groups in total. The van der Waals surface area contributed by atoms with E-state index in [1.807, 2.05) is 6.20 Å². The molecule has 1 aliphatic carbocycles. The number of nitrogens with two attached hydrogens (primary N) is 1. The summed E-state index contributed by atoms with van der Waals surface area (Å²) in [5, 5.41) is 0. The molecule has 0 spiro atoms. The molecular weight excluding hydrogens is 206 g/mol. The molecule has 84 valence electrons. The van der Waals surface area contributed by atoms with Crippen LogP contribution in [0.4, 0.5) is 0 Å². The largest absolute Gasteiger partial charge is 0.328 e. The van der Waals surface area contributed by atoms with Crippen molar-refractivity contribution in [2.75, 3.05) is 0 Å². The van der Waals surface area contributed by atoms with Crippen molar-refractivity contribution in [2.45, 2.75) is 45.6 Å². The van der Waals surface area contributed by atoms with Crippen molar-refractivity contribution in [3.05, 3.63) is 11.9 Å². The van der Waals surface area contributed by atoms with Gasteiger partial charge in [0.05, 0.1) is 23.6 Å². The second kappa shape index (κ2) is 4.18. The van der Waals surface area contributed by atoms with E-state index in [1.54, 1.807) is 0 Å². The standard InChI is InChI=1S/C11H19N3S/c1-11(2)4-3-9(12)5-8(11)6-10-7-13-15-14-10/h7-9H,3-6,12H2,1-2H3. The van der Waals surface area contributed by atoms with Crippen molar-refractivity contribution in [2.24, 2.45) is 17.1 Å². The Morgan fingerprint density at radius 1 is 1.60 bits per heavy atom. The van der Waals surface area contributed by atoms with E-state index in [0.717, 1.165) is 18.5 Å². The topological polar surface area (TPSA) is 51.8 Å². The van der Waals surface area contributed by atoms with E-state index >= 15 is 0 Å². The van der Waals surface area contributed by atoms with Gasteiger partial charge in [0.15, 0.2) is 0 Å². The van der Waals surface area contributed by atoms with Crippen LogP contribution in [0.25, 0.3) is 0 Å². The summed E-state index contributed by atoms with van der Waals surface area (Å²) in [5.74, 6) is 0.658. The molecule has 2 rings (SSSR count). The van der Waals surface area contributed by atoms with E-state index in [9.17, 15) is 0 Å². The van der Waals surface area contributed by atoms with Gasteiger partial charge in [0.25, 0.3) is 0 Å². The molecule has 1 aromatic heterocycles. The number of hydrogen-bond acceptors (Lipinski definition) is 4. The normalized spacial score (nSPS) is 30.3. The molecule has 4 heteroatoms. The Bertz CT molecular complexity index is 308. The second-order valence-electron chi connectivity index (χ2n) is 5.32. The summed E-state index contributed by atoms with van der Waals surface area (Å²) >= 11 is 1.30. The maximum absolute atomic E-state index is 6.04. The molecule has 0 bridgehead atoms. The molecular formula is C11H19N3S. The molecule has 1 aromatic rings. The Kier molecular flexibility index (Phi) is 3.07. The zero-order valence-electron chi connectivity index (χ0n) is 9.44. The quantitative estimate of drug-likeness (QED) is 0.839. The second-order valence-corrected chi connectivity index (χ2v) is 5.88. The molecule has 2 unspecified atom stereocenters. The van der Waals surface area contributed by atoms with Gasteiger partial charge in [-0.25, -0.2) is 0 Å².